The van der Waals surface area contributed by atoms with E-state index >= 15 is 0 Å². The van der Waals surface area contributed by atoms with Crippen LogP contribution in [0.2, 0.25) is 0 Å². The molecule has 4 nitrogen and oxygen atoms in total. The molecule has 0 unspecified atom stereocenters. The lowest BCUT2D eigenvalue weighted by atomic mass is 10.0. The zero-order valence-corrected chi connectivity index (χ0v) is 11.1. The maximum Gasteiger partial charge on any atom is 0.267 e. The molecule has 1 heterocycles. The molecular weight excluding hydrogens is 240 g/mol. The Balaban J connectivity index is 2.01. The average Bonchev–Trinajstić information content (AvgIpc) is 3.20. The first-order valence-electron chi connectivity index (χ1n) is 6.48. The summed E-state index contributed by atoms with van der Waals surface area (Å²) in [6.45, 7) is 3.73. The highest BCUT2D eigenvalue weighted by Gasteiger charge is 2.23. The van der Waals surface area contributed by atoms with Gasteiger partial charge in [-0.3, -0.25) is 4.79 Å². The van der Waals surface area contributed by atoms with Gasteiger partial charge in [-0.15, -0.1) is 0 Å². The molecule has 0 saturated heterocycles. The van der Waals surface area contributed by atoms with E-state index in [9.17, 15) is 4.79 Å². The smallest absolute Gasteiger partial charge is 0.267 e. The fraction of sp³-hybridized carbons (Fsp3) is 0.333. The number of benzene rings is 1. The van der Waals surface area contributed by atoms with Crippen LogP contribution in [0.3, 0.4) is 0 Å². The minimum Gasteiger partial charge on any atom is -0.490 e. The molecule has 98 valence electrons. The quantitative estimate of drug-likeness (QED) is 0.918. The van der Waals surface area contributed by atoms with E-state index in [1.807, 2.05) is 38.1 Å². The Morgan fingerprint density at radius 1 is 1.26 bits per heavy atom. The van der Waals surface area contributed by atoms with E-state index in [4.69, 9.17) is 4.74 Å². The zero-order valence-electron chi connectivity index (χ0n) is 11.1. The number of hydrogen-bond acceptors (Lipinski definition) is 3. The van der Waals surface area contributed by atoms with Gasteiger partial charge in [0.1, 0.15) is 5.75 Å². The molecule has 1 saturated carbocycles. The summed E-state index contributed by atoms with van der Waals surface area (Å²) in [5.41, 5.74) is 3.26. The van der Waals surface area contributed by atoms with Crippen LogP contribution in [0, 0.1) is 13.8 Å². The molecule has 0 spiro atoms. The van der Waals surface area contributed by atoms with Gasteiger partial charge in [-0.2, -0.15) is 5.10 Å². The SMILES string of the molecule is Cc1c(-c2cccc(OC3CC3)c2)n[nH]c(=O)c1C. The molecule has 1 aliphatic carbocycles. The molecule has 0 aliphatic heterocycles. The molecule has 0 bridgehead atoms. The average molecular weight is 256 g/mol. The first kappa shape index (κ1) is 12.0. The van der Waals surface area contributed by atoms with E-state index in [0.29, 0.717) is 11.7 Å². The number of H-pyrrole nitrogens is 1. The maximum absolute atomic E-state index is 11.5. The van der Waals surface area contributed by atoms with Crippen LogP contribution in [0.15, 0.2) is 29.1 Å². The standard InChI is InChI=1S/C15H16N2O2/c1-9-10(2)15(18)17-16-14(9)11-4-3-5-13(8-11)19-12-6-7-12/h3-5,8,12H,6-7H2,1-2H3,(H,17,18). The van der Waals surface area contributed by atoms with Gasteiger partial charge < -0.3 is 4.74 Å². The van der Waals surface area contributed by atoms with Crippen molar-refractivity contribution in [1.29, 1.82) is 0 Å². The summed E-state index contributed by atoms with van der Waals surface area (Å²) < 4.78 is 5.78. The highest BCUT2D eigenvalue weighted by atomic mass is 16.5. The number of ether oxygens (including phenoxy) is 1. The Morgan fingerprint density at radius 2 is 2.05 bits per heavy atom. The third-order valence-corrected chi connectivity index (χ3v) is 3.46. The fourth-order valence-electron chi connectivity index (χ4n) is 2.00. The molecule has 4 heteroatoms. The first-order valence-corrected chi connectivity index (χ1v) is 6.48. The first-order chi connectivity index (χ1) is 9.15. The normalized spacial score (nSPS) is 14.4. The minimum atomic E-state index is -0.133. The Hall–Kier alpha value is -2.10. The van der Waals surface area contributed by atoms with E-state index in [2.05, 4.69) is 10.2 Å². The van der Waals surface area contributed by atoms with Crippen LogP contribution in [0.4, 0.5) is 0 Å². The lowest BCUT2D eigenvalue weighted by Gasteiger charge is -2.09. The fourth-order valence-corrected chi connectivity index (χ4v) is 2.00. The molecule has 1 aromatic heterocycles. The van der Waals surface area contributed by atoms with E-state index in [-0.39, 0.29) is 5.56 Å². The topological polar surface area (TPSA) is 55.0 Å². The van der Waals surface area contributed by atoms with Gasteiger partial charge in [-0.1, -0.05) is 12.1 Å². The largest absolute Gasteiger partial charge is 0.490 e. The van der Waals surface area contributed by atoms with Crippen LogP contribution >= 0.6 is 0 Å². The third kappa shape index (κ3) is 2.38. The van der Waals surface area contributed by atoms with Crippen molar-refractivity contribution in [3.8, 4) is 17.0 Å². The highest BCUT2D eigenvalue weighted by Crippen LogP contribution is 2.30. The van der Waals surface area contributed by atoms with E-state index in [1.165, 1.54) is 0 Å². The van der Waals surface area contributed by atoms with Gasteiger partial charge in [-0.05, 0) is 44.4 Å². The number of rotatable bonds is 3. The number of aromatic nitrogens is 2. The summed E-state index contributed by atoms with van der Waals surface area (Å²) in [4.78, 5) is 11.5. The molecular formula is C15H16N2O2. The monoisotopic (exact) mass is 256 g/mol. The molecule has 1 aromatic carbocycles. The van der Waals surface area contributed by atoms with E-state index < -0.39 is 0 Å². The Morgan fingerprint density at radius 3 is 2.79 bits per heavy atom. The van der Waals surface area contributed by atoms with Crippen molar-refractivity contribution in [3.63, 3.8) is 0 Å². The minimum absolute atomic E-state index is 0.133. The molecule has 1 aliphatic rings. The summed E-state index contributed by atoms with van der Waals surface area (Å²) in [6, 6.07) is 7.86. The van der Waals surface area contributed by atoms with Crippen LogP contribution in [-0.2, 0) is 0 Å². The summed E-state index contributed by atoms with van der Waals surface area (Å²) in [6.07, 6.45) is 2.65. The number of aromatic amines is 1. The Bertz CT molecular complexity index is 672. The van der Waals surface area contributed by atoms with Gasteiger partial charge in [-0.25, -0.2) is 5.10 Å². The third-order valence-electron chi connectivity index (χ3n) is 3.46. The number of nitrogens with zero attached hydrogens (tertiary/aromatic N) is 1. The van der Waals surface area contributed by atoms with Crippen molar-refractivity contribution in [2.75, 3.05) is 0 Å². The van der Waals surface area contributed by atoms with Crippen LogP contribution in [0.1, 0.15) is 24.0 Å². The molecule has 1 fully saturated rings. The van der Waals surface area contributed by atoms with Crippen molar-refractivity contribution >= 4 is 0 Å². The molecule has 2 aromatic rings. The van der Waals surface area contributed by atoms with E-state index in [0.717, 1.165) is 35.4 Å². The summed E-state index contributed by atoms with van der Waals surface area (Å²) in [5, 5.41) is 6.69. The Labute approximate surface area is 111 Å². The molecule has 3 rings (SSSR count). The van der Waals surface area contributed by atoms with Crippen molar-refractivity contribution in [3.05, 3.63) is 45.7 Å². The van der Waals surface area contributed by atoms with Crippen LogP contribution < -0.4 is 10.3 Å². The second kappa shape index (κ2) is 4.53. The Kier molecular flexibility index (Phi) is 2.85. The second-order valence-electron chi connectivity index (χ2n) is 5.00. The highest BCUT2D eigenvalue weighted by molar-refractivity contribution is 5.65. The van der Waals surface area contributed by atoms with Crippen molar-refractivity contribution in [2.24, 2.45) is 0 Å². The van der Waals surface area contributed by atoms with Gasteiger partial charge in [0.25, 0.3) is 5.56 Å². The maximum atomic E-state index is 11.5. The summed E-state index contributed by atoms with van der Waals surface area (Å²) >= 11 is 0. The molecule has 19 heavy (non-hydrogen) atoms. The summed E-state index contributed by atoms with van der Waals surface area (Å²) in [5.74, 6) is 0.866. The predicted molar refractivity (Wildman–Crippen MR) is 73.4 cm³/mol. The van der Waals surface area contributed by atoms with Crippen LogP contribution in [0.25, 0.3) is 11.3 Å². The van der Waals surface area contributed by atoms with Crippen molar-refractivity contribution < 1.29 is 4.74 Å². The van der Waals surface area contributed by atoms with Gasteiger partial charge in [0.15, 0.2) is 0 Å². The molecule has 0 radical (unpaired) electrons. The molecule has 1 N–H and O–H groups in total. The second-order valence-corrected chi connectivity index (χ2v) is 5.00. The predicted octanol–water partition coefficient (Wildman–Crippen LogP) is 2.59. The number of hydrogen-bond donors (Lipinski definition) is 1. The number of nitrogens with one attached hydrogen (secondary N) is 1. The van der Waals surface area contributed by atoms with Gasteiger partial charge in [0.2, 0.25) is 0 Å². The zero-order chi connectivity index (χ0) is 13.4. The van der Waals surface area contributed by atoms with E-state index in [1.54, 1.807) is 0 Å². The summed E-state index contributed by atoms with van der Waals surface area (Å²) in [7, 11) is 0. The molecule has 0 amide bonds. The molecule has 0 atom stereocenters. The van der Waals surface area contributed by atoms with Gasteiger partial charge in [0.05, 0.1) is 11.8 Å². The lowest BCUT2D eigenvalue weighted by molar-refractivity contribution is 0.303. The van der Waals surface area contributed by atoms with Gasteiger partial charge >= 0.3 is 0 Å². The lowest BCUT2D eigenvalue weighted by Crippen LogP contribution is -2.14. The van der Waals surface area contributed by atoms with Gasteiger partial charge in [0, 0.05) is 11.1 Å². The van der Waals surface area contributed by atoms with Crippen LogP contribution in [-0.4, -0.2) is 16.3 Å². The van der Waals surface area contributed by atoms with Crippen molar-refractivity contribution in [2.45, 2.75) is 32.8 Å². The van der Waals surface area contributed by atoms with Crippen molar-refractivity contribution in [1.82, 2.24) is 10.2 Å². The van der Waals surface area contributed by atoms with Crippen LogP contribution in [0.5, 0.6) is 5.75 Å².